The van der Waals surface area contributed by atoms with Crippen molar-refractivity contribution in [3.63, 3.8) is 0 Å². The smallest absolute Gasteiger partial charge is 0.0966 e. The molecule has 0 amide bonds. The average Bonchev–Trinajstić information content (AvgIpc) is 2.62. The van der Waals surface area contributed by atoms with Crippen LogP contribution in [0.5, 0.6) is 0 Å². The van der Waals surface area contributed by atoms with E-state index in [0.717, 1.165) is 49.3 Å². The normalized spacial score (nSPS) is 15.8. The number of aryl methyl sites for hydroxylation is 1. The van der Waals surface area contributed by atoms with Gasteiger partial charge in [0, 0.05) is 50.5 Å². The van der Waals surface area contributed by atoms with Gasteiger partial charge >= 0.3 is 0 Å². The second-order valence-electron chi connectivity index (χ2n) is 6.49. The van der Waals surface area contributed by atoms with Crippen molar-refractivity contribution in [2.24, 2.45) is 0 Å². The van der Waals surface area contributed by atoms with Crippen LogP contribution in [0, 0.1) is 6.92 Å². The SMILES string of the molecule is Cc1cccc(CN2CCN(c3cncc4cccnc34)CC2)c1. The molecule has 0 aliphatic carbocycles. The zero-order valence-corrected chi connectivity index (χ0v) is 14.0. The van der Waals surface area contributed by atoms with E-state index in [-0.39, 0.29) is 0 Å². The third-order valence-electron chi connectivity index (χ3n) is 4.69. The zero-order chi connectivity index (χ0) is 16.4. The Morgan fingerprint density at radius 1 is 1.00 bits per heavy atom. The van der Waals surface area contributed by atoms with Crippen molar-refractivity contribution in [3.05, 3.63) is 66.1 Å². The highest BCUT2D eigenvalue weighted by molar-refractivity contribution is 5.89. The zero-order valence-electron chi connectivity index (χ0n) is 14.0. The highest BCUT2D eigenvalue weighted by atomic mass is 15.3. The summed E-state index contributed by atoms with van der Waals surface area (Å²) < 4.78 is 0. The number of hydrogen-bond donors (Lipinski definition) is 0. The van der Waals surface area contributed by atoms with Gasteiger partial charge in [-0.05, 0) is 24.6 Å². The van der Waals surface area contributed by atoms with Gasteiger partial charge in [0.2, 0.25) is 0 Å². The van der Waals surface area contributed by atoms with Crippen LogP contribution in [-0.2, 0) is 6.54 Å². The van der Waals surface area contributed by atoms with Gasteiger partial charge in [0.05, 0.1) is 17.4 Å². The van der Waals surface area contributed by atoms with Crippen molar-refractivity contribution in [2.75, 3.05) is 31.1 Å². The Labute approximate surface area is 142 Å². The first-order chi connectivity index (χ1) is 11.8. The molecule has 0 bridgehead atoms. The Kier molecular flexibility index (Phi) is 4.13. The van der Waals surface area contributed by atoms with Crippen LogP contribution < -0.4 is 4.90 Å². The summed E-state index contributed by atoms with van der Waals surface area (Å²) in [4.78, 5) is 13.9. The minimum atomic E-state index is 1.02. The first kappa shape index (κ1) is 15.1. The summed E-state index contributed by atoms with van der Waals surface area (Å²) in [5.74, 6) is 0. The molecule has 122 valence electrons. The van der Waals surface area contributed by atoms with Crippen molar-refractivity contribution < 1.29 is 0 Å². The van der Waals surface area contributed by atoms with E-state index in [0.29, 0.717) is 0 Å². The summed E-state index contributed by atoms with van der Waals surface area (Å²) in [6, 6.07) is 12.8. The second kappa shape index (κ2) is 6.57. The maximum Gasteiger partial charge on any atom is 0.0966 e. The highest BCUT2D eigenvalue weighted by Gasteiger charge is 2.19. The summed E-state index contributed by atoms with van der Waals surface area (Å²) in [7, 11) is 0. The van der Waals surface area contributed by atoms with Crippen LogP contribution in [-0.4, -0.2) is 41.0 Å². The number of hydrogen-bond acceptors (Lipinski definition) is 4. The van der Waals surface area contributed by atoms with Gasteiger partial charge in [-0.3, -0.25) is 14.9 Å². The van der Waals surface area contributed by atoms with Crippen LogP contribution in [0.3, 0.4) is 0 Å². The summed E-state index contributed by atoms with van der Waals surface area (Å²) in [6.45, 7) is 7.35. The molecular weight excluding hydrogens is 296 g/mol. The lowest BCUT2D eigenvalue weighted by Crippen LogP contribution is -2.46. The highest BCUT2D eigenvalue weighted by Crippen LogP contribution is 2.24. The number of aromatic nitrogens is 2. The van der Waals surface area contributed by atoms with Gasteiger partial charge in [0.25, 0.3) is 0 Å². The lowest BCUT2D eigenvalue weighted by molar-refractivity contribution is 0.250. The third-order valence-corrected chi connectivity index (χ3v) is 4.69. The molecule has 1 aliphatic heterocycles. The van der Waals surface area contributed by atoms with Crippen molar-refractivity contribution in [1.29, 1.82) is 0 Å². The molecule has 1 fully saturated rings. The van der Waals surface area contributed by atoms with Crippen LogP contribution in [0.1, 0.15) is 11.1 Å². The standard InChI is InChI=1S/C20H22N4/c1-16-4-2-5-17(12-16)15-23-8-10-24(11-9-23)19-14-21-13-18-6-3-7-22-20(18)19/h2-7,12-14H,8-11,15H2,1H3. The molecule has 0 atom stereocenters. The Hall–Kier alpha value is -2.46. The van der Waals surface area contributed by atoms with Crippen molar-refractivity contribution in [3.8, 4) is 0 Å². The number of piperazine rings is 1. The molecule has 1 aliphatic rings. The van der Waals surface area contributed by atoms with Crippen LogP contribution in [0.25, 0.3) is 10.9 Å². The number of nitrogens with zero attached hydrogens (tertiary/aromatic N) is 4. The fraction of sp³-hybridized carbons (Fsp3) is 0.300. The van der Waals surface area contributed by atoms with Crippen LogP contribution in [0.15, 0.2) is 55.0 Å². The molecule has 24 heavy (non-hydrogen) atoms. The molecular formula is C20H22N4. The van der Waals surface area contributed by atoms with E-state index in [2.05, 4.69) is 57.0 Å². The molecule has 3 aromatic rings. The topological polar surface area (TPSA) is 32.3 Å². The molecule has 0 saturated carbocycles. The average molecular weight is 318 g/mol. The van der Waals surface area contributed by atoms with Crippen molar-refractivity contribution >= 4 is 16.6 Å². The lowest BCUT2D eigenvalue weighted by Gasteiger charge is -2.36. The van der Waals surface area contributed by atoms with E-state index in [9.17, 15) is 0 Å². The molecule has 4 nitrogen and oxygen atoms in total. The number of anilines is 1. The molecule has 0 N–H and O–H groups in total. The number of fused-ring (bicyclic) bond motifs is 1. The fourth-order valence-corrected chi connectivity index (χ4v) is 3.43. The Bertz CT molecular complexity index is 832. The van der Waals surface area contributed by atoms with Gasteiger partial charge in [-0.2, -0.15) is 0 Å². The molecule has 4 heteroatoms. The summed E-state index contributed by atoms with van der Waals surface area (Å²) in [5, 5.41) is 1.11. The molecule has 0 unspecified atom stereocenters. The maximum atomic E-state index is 4.56. The van der Waals surface area contributed by atoms with Gasteiger partial charge in [-0.25, -0.2) is 0 Å². The van der Waals surface area contributed by atoms with Crippen molar-refractivity contribution in [2.45, 2.75) is 13.5 Å². The Morgan fingerprint density at radius 3 is 2.71 bits per heavy atom. The van der Waals surface area contributed by atoms with Gasteiger partial charge in [0.1, 0.15) is 0 Å². The monoisotopic (exact) mass is 318 g/mol. The molecule has 1 aromatic carbocycles. The first-order valence-corrected chi connectivity index (χ1v) is 8.51. The van der Waals surface area contributed by atoms with E-state index in [1.807, 2.05) is 24.7 Å². The van der Waals surface area contributed by atoms with Crippen molar-refractivity contribution in [1.82, 2.24) is 14.9 Å². The predicted molar refractivity (Wildman–Crippen MR) is 98.2 cm³/mol. The van der Waals surface area contributed by atoms with E-state index >= 15 is 0 Å². The Balaban J connectivity index is 1.46. The van der Waals surface area contributed by atoms with Gasteiger partial charge < -0.3 is 4.90 Å². The summed E-state index contributed by atoms with van der Waals surface area (Å²) in [6.07, 6.45) is 5.70. The molecule has 1 saturated heterocycles. The lowest BCUT2D eigenvalue weighted by atomic mass is 10.1. The van der Waals surface area contributed by atoms with Crippen LogP contribution in [0.4, 0.5) is 5.69 Å². The Morgan fingerprint density at radius 2 is 1.88 bits per heavy atom. The van der Waals surface area contributed by atoms with Crippen LogP contribution in [0.2, 0.25) is 0 Å². The first-order valence-electron chi connectivity index (χ1n) is 8.51. The quantitative estimate of drug-likeness (QED) is 0.742. The van der Waals surface area contributed by atoms with E-state index in [1.54, 1.807) is 0 Å². The van der Waals surface area contributed by atoms with Gasteiger partial charge in [0.15, 0.2) is 0 Å². The largest absolute Gasteiger partial charge is 0.366 e. The minimum Gasteiger partial charge on any atom is -0.366 e. The molecule has 3 heterocycles. The molecule has 0 spiro atoms. The maximum absolute atomic E-state index is 4.56. The second-order valence-corrected chi connectivity index (χ2v) is 6.49. The summed E-state index contributed by atoms with van der Waals surface area (Å²) >= 11 is 0. The summed E-state index contributed by atoms with van der Waals surface area (Å²) in [5.41, 5.74) is 4.94. The van der Waals surface area contributed by atoms with E-state index < -0.39 is 0 Å². The number of rotatable bonds is 3. The molecule has 0 radical (unpaired) electrons. The third kappa shape index (κ3) is 3.10. The fourth-order valence-electron chi connectivity index (χ4n) is 3.43. The van der Waals surface area contributed by atoms with E-state index in [1.165, 1.54) is 11.1 Å². The van der Waals surface area contributed by atoms with Crippen LogP contribution >= 0.6 is 0 Å². The minimum absolute atomic E-state index is 1.02. The molecule has 4 rings (SSSR count). The predicted octanol–water partition coefficient (Wildman–Crippen LogP) is 3.26. The number of pyridine rings is 2. The molecule has 2 aromatic heterocycles. The van der Waals surface area contributed by atoms with Gasteiger partial charge in [-0.1, -0.05) is 29.8 Å². The van der Waals surface area contributed by atoms with E-state index in [4.69, 9.17) is 0 Å². The van der Waals surface area contributed by atoms with Gasteiger partial charge in [-0.15, -0.1) is 0 Å². The number of benzene rings is 1.